The van der Waals surface area contributed by atoms with Crippen molar-refractivity contribution < 1.29 is 9.53 Å². The summed E-state index contributed by atoms with van der Waals surface area (Å²) in [4.78, 5) is 12.8. The zero-order valence-electron chi connectivity index (χ0n) is 14.9. The molecule has 3 N–H and O–H groups in total. The zero-order valence-corrected chi connectivity index (χ0v) is 15.7. The van der Waals surface area contributed by atoms with Gasteiger partial charge in [-0.25, -0.2) is 0 Å². The smallest absolute Gasteiger partial charge is 0.272 e. The Morgan fingerprint density at radius 3 is 2.92 bits per heavy atom. The van der Waals surface area contributed by atoms with E-state index in [0.29, 0.717) is 11.8 Å². The highest BCUT2D eigenvalue weighted by atomic mass is 35.5. The fourth-order valence-corrected chi connectivity index (χ4v) is 4.91. The highest BCUT2D eigenvalue weighted by Crippen LogP contribution is 2.53. The van der Waals surface area contributed by atoms with E-state index in [0.717, 1.165) is 43.8 Å². The van der Waals surface area contributed by atoms with Gasteiger partial charge in [0.2, 0.25) is 0 Å². The van der Waals surface area contributed by atoms with E-state index in [1.807, 2.05) is 0 Å². The molecule has 2 saturated carbocycles. The SMILES string of the molecule is CCOC1CC(NC(=O)c2n[nH]c3c2CNCC3)C12CCCCC2.Cl. The van der Waals surface area contributed by atoms with Crippen molar-refractivity contribution in [3.8, 4) is 0 Å². The van der Waals surface area contributed by atoms with Gasteiger partial charge in [0, 0.05) is 48.8 Å². The molecule has 6 nitrogen and oxygen atoms in total. The summed E-state index contributed by atoms with van der Waals surface area (Å²) in [5.74, 6) is -0.0268. The molecule has 1 aromatic rings. The number of amides is 1. The Morgan fingerprint density at radius 2 is 2.16 bits per heavy atom. The van der Waals surface area contributed by atoms with Crippen molar-refractivity contribution in [2.75, 3.05) is 13.2 Å². The Kier molecular flexibility index (Phi) is 5.71. The number of aromatic nitrogens is 2. The summed E-state index contributed by atoms with van der Waals surface area (Å²) in [6.07, 6.45) is 8.29. The molecule has 4 rings (SSSR count). The Morgan fingerprint density at radius 1 is 1.36 bits per heavy atom. The number of rotatable bonds is 4. The molecule has 7 heteroatoms. The summed E-state index contributed by atoms with van der Waals surface area (Å²) in [5, 5.41) is 13.9. The third kappa shape index (κ3) is 3.20. The molecule has 2 atom stereocenters. The van der Waals surface area contributed by atoms with E-state index in [1.54, 1.807) is 0 Å². The predicted molar refractivity (Wildman–Crippen MR) is 98.0 cm³/mol. The van der Waals surface area contributed by atoms with Crippen LogP contribution in [-0.2, 0) is 17.7 Å². The number of nitrogens with zero attached hydrogens (tertiary/aromatic N) is 1. The first-order valence-electron chi connectivity index (χ1n) is 9.44. The van der Waals surface area contributed by atoms with Crippen LogP contribution in [0.3, 0.4) is 0 Å². The zero-order chi connectivity index (χ0) is 16.6. The Bertz CT molecular complexity index is 612. The van der Waals surface area contributed by atoms with Gasteiger partial charge in [-0.1, -0.05) is 19.3 Å². The summed E-state index contributed by atoms with van der Waals surface area (Å²) in [6, 6.07) is 0.228. The van der Waals surface area contributed by atoms with Crippen LogP contribution in [0.2, 0.25) is 0 Å². The molecule has 1 amide bonds. The van der Waals surface area contributed by atoms with Gasteiger partial charge in [-0.2, -0.15) is 5.10 Å². The van der Waals surface area contributed by atoms with Crippen molar-refractivity contribution in [3.63, 3.8) is 0 Å². The van der Waals surface area contributed by atoms with E-state index in [-0.39, 0.29) is 29.8 Å². The molecule has 1 aromatic heterocycles. The van der Waals surface area contributed by atoms with E-state index < -0.39 is 0 Å². The second kappa shape index (κ2) is 7.64. The lowest BCUT2D eigenvalue weighted by Gasteiger charge is -2.57. The lowest BCUT2D eigenvalue weighted by atomic mass is 9.55. The van der Waals surface area contributed by atoms with Gasteiger partial charge in [-0.05, 0) is 26.2 Å². The molecule has 25 heavy (non-hydrogen) atoms. The average Bonchev–Trinajstić information content (AvgIpc) is 3.05. The molecule has 0 bridgehead atoms. The van der Waals surface area contributed by atoms with Crippen LogP contribution in [0.5, 0.6) is 0 Å². The molecule has 3 aliphatic rings. The van der Waals surface area contributed by atoms with Gasteiger partial charge in [-0.3, -0.25) is 9.89 Å². The standard InChI is InChI=1S/C18H28N4O2.ClH/c1-2-24-15-10-14(18(15)7-4-3-5-8-18)20-17(23)16-12-11-19-9-6-13(12)21-22-16;/h14-15,19H,2-11H2,1H3,(H,20,23)(H,21,22);1H. The number of nitrogens with one attached hydrogen (secondary N) is 3. The number of fused-ring (bicyclic) bond motifs is 1. The Labute approximate surface area is 155 Å². The second-order valence-electron chi connectivity index (χ2n) is 7.46. The van der Waals surface area contributed by atoms with Crippen LogP contribution < -0.4 is 10.6 Å². The first-order chi connectivity index (χ1) is 11.7. The topological polar surface area (TPSA) is 79.0 Å². The minimum absolute atomic E-state index is 0. The molecule has 1 spiro atoms. The summed E-state index contributed by atoms with van der Waals surface area (Å²) in [7, 11) is 0. The highest BCUT2D eigenvalue weighted by molar-refractivity contribution is 5.94. The molecule has 1 aliphatic heterocycles. The number of H-pyrrole nitrogens is 1. The molecule has 0 radical (unpaired) electrons. The average molecular weight is 369 g/mol. The number of carbonyl (C=O) groups excluding carboxylic acids is 1. The molecule has 0 aromatic carbocycles. The third-order valence-electron chi connectivity index (χ3n) is 6.26. The maximum Gasteiger partial charge on any atom is 0.272 e. The molecule has 2 aliphatic carbocycles. The molecule has 140 valence electrons. The number of aromatic amines is 1. The van der Waals surface area contributed by atoms with Crippen molar-refractivity contribution >= 4 is 18.3 Å². The predicted octanol–water partition coefficient (Wildman–Crippen LogP) is 2.33. The summed E-state index contributed by atoms with van der Waals surface area (Å²) in [5.41, 5.74) is 2.87. The number of ether oxygens (including phenoxy) is 1. The van der Waals surface area contributed by atoms with E-state index in [2.05, 4.69) is 27.8 Å². The number of carbonyl (C=O) groups is 1. The van der Waals surface area contributed by atoms with Gasteiger partial charge in [0.1, 0.15) is 0 Å². The van der Waals surface area contributed by atoms with E-state index in [1.165, 1.54) is 32.1 Å². The quantitative estimate of drug-likeness (QED) is 0.762. The van der Waals surface area contributed by atoms with Crippen LogP contribution in [0, 0.1) is 5.41 Å². The van der Waals surface area contributed by atoms with E-state index in [9.17, 15) is 4.79 Å². The Balaban J connectivity index is 0.00000182. The van der Waals surface area contributed by atoms with Crippen LogP contribution in [-0.4, -0.2) is 41.4 Å². The van der Waals surface area contributed by atoms with Crippen molar-refractivity contribution in [1.82, 2.24) is 20.8 Å². The van der Waals surface area contributed by atoms with Gasteiger partial charge in [0.05, 0.1) is 6.10 Å². The largest absolute Gasteiger partial charge is 0.378 e. The van der Waals surface area contributed by atoms with Crippen LogP contribution in [0.15, 0.2) is 0 Å². The molecule has 2 heterocycles. The second-order valence-corrected chi connectivity index (χ2v) is 7.46. The maximum absolute atomic E-state index is 12.8. The minimum Gasteiger partial charge on any atom is -0.378 e. The first kappa shape index (κ1) is 18.7. The molecule has 0 saturated heterocycles. The van der Waals surface area contributed by atoms with Crippen LogP contribution in [0.25, 0.3) is 0 Å². The number of hydrogen-bond acceptors (Lipinski definition) is 4. The summed E-state index contributed by atoms with van der Waals surface area (Å²) < 4.78 is 5.98. The first-order valence-corrected chi connectivity index (χ1v) is 9.44. The van der Waals surface area contributed by atoms with Crippen molar-refractivity contribution in [1.29, 1.82) is 0 Å². The normalized spacial score (nSPS) is 27.1. The number of halogens is 1. The minimum atomic E-state index is -0.0268. The third-order valence-corrected chi connectivity index (χ3v) is 6.26. The summed E-state index contributed by atoms with van der Waals surface area (Å²) in [6.45, 7) is 4.49. The number of hydrogen-bond donors (Lipinski definition) is 3. The summed E-state index contributed by atoms with van der Waals surface area (Å²) >= 11 is 0. The van der Waals surface area contributed by atoms with Gasteiger partial charge in [-0.15, -0.1) is 12.4 Å². The monoisotopic (exact) mass is 368 g/mol. The van der Waals surface area contributed by atoms with Gasteiger partial charge >= 0.3 is 0 Å². The van der Waals surface area contributed by atoms with E-state index in [4.69, 9.17) is 4.74 Å². The fourth-order valence-electron chi connectivity index (χ4n) is 4.91. The molecule has 2 unspecified atom stereocenters. The lowest BCUT2D eigenvalue weighted by molar-refractivity contribution is -0.146. The highest BCUT2D eigenvalue weighted by Gasteiger charge is 2.56. The fraction of sp³-hybridized carbons (Fsp3) is 0.778. The Hall–Kier alpha value is -1.11. The lowest BCUT2D eigenvalue weighted by Crippen LogP contribution is -2.65. The molecular weight excluding hydrogens is 340 g/mol. The maximum atomic E-state index is 12.8. The van der Waals surface area contributed by atoms with Gasteiger partial charge in [0.25, 0.3) is 5.91 Å². The van der Waals surface area contributed by atoms with E-state index >= 15 is 0 Å². The van der Waals surface area contributed by atoms with Crippen molar-refractivity contribution in [3.05, 3.63) is 17.0 Å². The van der Waals surface area contributed by atoms with Crippen LogP contribution in [0.4, 0.5) is 0 Å². The van der Waals surface area contributed by atoms with Crippen LogP contribution in [0.1, 0.15) is 67.2 Å². The molecule has 2 fully saturated rings. The molecular formula is C18H29ClN4O2. The van der Waals surface area contributed by atoms with Crippen molar-refractivity contribution in [2.24, 2.45) is 5.41 Å². The van der Waals surface area contributed by atoms with Gasteiger partial charge in [0.15, 0.2) is 5.69 Å². The van der Waals surface area contributed by atoms with Crippen molar-refractivity contribution in [2.45, 2.75) is 70.6 Å². The van der Waals surface area contributed by atoms with Gasteiger partial charge < -0.3 is 15.4 Å². The van der Waals surface area contributed by atoms with Crippen LogP contribution >= 0.6 is 12.4 Å².